The second-order valence-electron chi connectivity index (χ2n) is 3.95. The fourth-order valence-electron chi connectivity index (χ4n) is 1.59. The van der Waals surface area contributed by atoms with Crippen molar-refractivity contribution in [2.45, 2.75) is 4.90 Å². The molecule has 0 aliphatic carbocycles. The Labute approximate surface area is 128 Å². The molecule has 0 heterocycles. The Morgan fingerprint density at radius 2 is 1.90 bits per heavy atom. The Bertz CT molecular complexity index is 748. The van der Waals surface area contributed by atoms with Crippen molar-refractivity contribution in [2.75, 3.05) is 10.5 Å². The van der Waals surface area contributed by atoms with Gasteiger partial charge in [-0.15, -0.1) is 0 Å². The van der Waals surface area contributed by atoms with Crippen LogP contribution >= 0.6 is 27.5 Å². The first-order valence-corrected chi connectivity index (χ1v) is 7.97. The number of nitrogens with one attached hydrogen (secondary N) is 1. The van der Waals surface area contributed by atoms with Crippen LogP contribution in [0.3, 0.4) is 0 Å². The van der Waals surface area contributed by atoms with E-state index in [9.17, 15) is 12.8 Å². The van der Waals surface area contributed by atoms with E-state index in [1.807, 2.05) is 0 Å². The van der Waals surface area contributed by atoms with Gasteiger partial charge in [-0.1, -0.05) is 27.5 Å². The van der Waals surface area contributed by atoms with Crippen molar-refractivity contribution in [1.82, 2.24) is 0 Å². The van der Waals surface area contributed by atoms with E-state index >= 15 is 0 Å². The molecule has 0 fully saturated rings. The SMILES string of the molecule is Nc1cc(Br)ccc1S(=O)(=O)Nc1cc(F)cc(Cl)c1. The van der Waals surface area contributed by atoms with Crippen LogP contribution in [0.5, 0.6) is 0 Å². The van der Waals surface area contributed by atoms with Gasteiger partial charge in [-0.2, -0.15) is 0 Å². The van der Waals surface area contributed by atoms with E-state index < -0.39 is 15.8 Å². The van der Waals surface area contributed by atoms with E-state index in [0.717, 1.165) is 12.1 Å². The molecule has 2 aromatic carbocycles. The highest BCUT2D eigenvalue weighted by Gasteiger charge is 2.18. The van der Waals surface area contributed by atoms with Crippen molar-refractivity contribution in [1.29, 1.82) is 0 Å². The van der Waals surface area contributed by atoms with E-state index in [0.29, 0.717) is 4.47 Å². The van der Waals surface area contributed by atoms with Crippen LogP contribution in [0.2, 0.25) is 5.02 Å². The average Bonchev–Trinajstić information content (AvgIpc) is 2.25. The summed E-state index contributed by atoms with van der Waals surface area (Å²) in [6.45, 7) is 0. The Morgan fingerprint density at radius 1 is 1.20 bits per heavy atom. The average molecular weight is 380 g/mol. The first-order valence-electron chi connectivity index (χ1n) is 5.32. The van der Waals surface area contributed by atoms with Crippen LogP contribution in [0.25, 0.3) is 0 Å². The van der Waals surface area contributed by atoms with Gasteiger partial charge in [0.15, 0.2) is 0 Å². The van der Waals surface area contributed by atoms with Gasteiger partial charge in [0.2, 0.25) is 0 Å². The molecule has 20 heavy (non-hydrogen) atoms. The standard InChI is InChI=1S/C12H9BrClFN2O2S/c13-7-1-2-12(11(16)3-7)20(18,19)17-10-5-8(14)4-9(15)6-10/h1-6,17H,16H2. The fourth-order valence-corrected chi connectivity index (χ4v) is 3.34. The molecule has 0 unspecified atom stereocenters. The van der Waals surface area contributed by atoms with Gasteiger partial charge in [-0.25, -0.2) is 12.8 Å². The Morgan fingerprint density at radius 3 is 2.50 bits per heavy atom. The minimum absolute atomic E-state index is 0.0253. The first kappa shape index (κ1) is 15.1. The van der Waals surface area contributed by atoms with Gasteiger partial charge in [-0.05, 0) is 36.4 Å². The summed E-state index contributed by atoms with van der Waals surface area (Å²) in [4.78, 5) is -0.0962. The number of anilines is 2. The zero-order valence-corrected chi connectivity index (χ0v) is 13.1. The number of halogens is 3. The molecular weight excluding hydrogens is 371 g/mol. The summed E-state index contributed by atoms with van der Waals surface area (Å²) < 4.78 is 40.4. The number of rotatable bonds is 3. The Hall–Kier alpha value is -1.31. The molecule has 0 spiro atoms. The number of hydrogen-bond donors (Lipinski definition) is 2. The van der Waals surface area contributed by atoms with Crippen molar-refractivity contribution in [3.63, 3.8) is 0 Å². The minimum atomic E-state index is -3.92. The lowest BCUT2D eigenvalue weighted by Gasteiger charge is -2.10. The van der Waals surface area contributed by atoms with E-state index in [-0.39, 0.29) is 21.3 Å². The van der Waals surface area contributed by atoms with Gasteiger partial charge in [0.1, 0.15) is 10.7 Å². The largest absolute Gasteiger partial charge is 0.398 e. The van der Waals surface area contributed by atoms with Gasteiger partial charge in [0.25, 0.3) is 10.0 Å². The van der Waals surface area contributed by atoms with Crippen LogP contribution in [0.1, 0.15) is 0 Å². The zero-order valence-electron chi connectivity index (χ0n) is 9.90. The number of hydrogen-bond acceptors (Lipinski definition) is 3. The minimum Gasteiger partial charge on any atom is -0.398 e. The van der Waals surface area contributed by atoms with E-state index in [4.69, 9.17) is 17.3 Å². The second kappa shape index (κ2) is 5.59. The molecule has 106 valence electrons. The zero-order chi connectivity index (χ0) is 14.9. The third-order valence-electron chi connectivity index (χ3n) is 2.38. The van der Waals surface area contributed by atoms with Crippen molar-refractivity contribution in [2.24, 2.45) is 0 Å². The molecule has 8 heteroatoms. The van der Waals surface area contributed by atoms with Crippen molar-refractivity contribution in [3.8, 4) is 0 Å². The topological polar surface area (TPSA) is 72.2 Å². The maximum absolute atomic E-state index is 13.2. The van der Waals surface area contributed by atoms with Gasteiger partial charge in [-0.3, -0.25) is 4.72 Å². The predicted octanol–water partition coefficient (Wildman–Crippen LogP) is 3.62. The number of benzene rings is 2. The number of nitrogens with two attached hydrogens (primary N) is 1. The van der Waals surface area contributed by atoms with Crippen LogP contribution < -0.4 is 10.5 Å². The summed E-state index contributed by atoms with van der Waals surface area (Å²) in [7, 11) is -3.92. The highest BCUT2D eigenvalue weighted by molar-refractivity contribution is 9.10. The van der Waals surface area contributed by atoms with E-state index in [2.05, 4.69) is 20.7 Å². The van der Waals surface area contributed by atoms with Crippen LogP contribution in [-0.4, -0.2) is 8.42 Å². The maximum Gasteiger partial charge on any atom is 0.263 e. The first-order chi connectivity index (χ1) is 9.28. The smallest absolute Gasteiger partial charge is 0.263 e. The predicted molar refractivity (Wildman–Crippen MR) is 80.8 cm³/mol. The molecule has 0 saturated carbocycles. The summed E-state index contributed by atoms with van der Waals surface area (Å²) in [6.07, 6.45) is 0. The molecule has 0 radical (unpaired) electrons. The van der Waals surface area contributed by atoms with Crippen molar-refractivity contribution >= 4 is 48.9 Å². The number of sulfonamides is 1. The Kier molecular flexibility index (Phi) is 4.22. The van der Waals surface area contributed by atoms with Crippen LogP contribution in [-0.2, 0) is 10.0 Å². The van der Waals surface area contributed by atoms with E-state index in [1.165, 1.54) is 18.2 Å². The second-order valence-corrected chi connectivity index (χ2v) is 6.95. The molecule has 0 atom stereocenters. The molecule has 0 saturated heterocycles. The summed E-state index contributed by atoms with van der Waals surface area (Å²) >= 11 is 8.86. The third-order valence-corrected chi connectivity index (χ3v) is 4.54. The maximum atomic E-state index is 13.2. The summed E-state index contributed by atoms with van der Waals surface area (Å²) in [6, 6.07) is 7.77. The quantitative estimate of drug-likeness (QED) is 0.800. The molecule has 2 aromatic rings. The van der Waals surface area contributed by atoms with Crippen LogP contribution in [0.4, 0.5) is 15.8 Å². The van der Waals surface area contributed by atoms with Gasteiger partial charge < -0.3 is 5.73 Å². The van der Waals surface area contributed by atoms with Crippen molar-refractivity contribution < 1.29 is 12.8 Å². The lowest BCUT2D eigenvalue weighted by molar-refractivity contribution is 0.601. The molecular formula is C12H9BrClFN2O2S. The monoisotopic (exact) mass is 378 g/mol. The van der Waals surface area contributed by atoms with Crippen LogP contribution in [0.15, 0.2) is 45.8 Å². The lowest BCUT2D eigenvalue weighted by atomic mass is 10.3. The van der Waals surface area contributed by atoms with Gasteiger partial charge >= 0.3 is 0 Å². The normalized spacial score (nSPS) is 11.3. The third kappa shape index (κ3) is 3.41. The van der Waals surface area contributed by atoms with Crippen LogP contribution in [0, 0.1) is 5.82 Å². The number of nitrogen functional groups attached to an aromatic ring is 1. The summed E-state index contributed by atoms with van der Waals surface area (Å²) in [5, 5.41) is 0.0893. The Balaban J connectivity index is 2.40. The van der Waals surface area contributed by atoms with Gasteiger partial charge in [0.05, 0.1) is 11.4 Å². The fraction of sp³-hybridized carbons (Fsp3) is 0. The molecule has 0 aliphatic heterocycles. The molecule has 0 aliphatic rings. The molecule has 0 amide bonds. The highest BCUT2D eigenvalue weighted by atomic mass is 79.9. The van der Waals surface area contributed by atoms with E-state index in [1.54, 1.807) is 6.07 Å². The highest BCUT2D eigenvalue weighted by Crippen LogP contribution is 2.26. The molecule has 4 nitrogen and oxygen atoms in total. The molecule has 0 bridgehead atoms. The molecule has 0 aromatic heterocycles. The summed E-state index contributed by atoms with van der Waals surface area (Å²) in [5.74, 6) is -0.640. The summed E-state index contributed by atoms with van der Waals surface area (Å²) in [5.41, 5.74) is 5.78. The lowest BCUT2D eigenvalue weighted by Crippen LogP contribution is -2.14. The van der Waals surface area contributed by atoms with Gasteiger partial charge in [0, 0.05) is 9.50 Å². The van der Waals surface area contributed by atoms with Crippen molar-refractivity contribution in [3.05, 3.63) is 51.7 Å². The molecule has 3 N–H and O–H groups in total. The molecule has 2 rings (SSSR count).